The van der Waals surface area contributed by atoms with E-state index in [1.165, 1.54) is 63.4 Å². The summed E-state index contributed by atoms with van der Waals surface area (Å²) in [6.07, 6.45) is 16.6. The van der Waals surface area contributed by atoms with Gasteiger partial charge >= 0.3 is 0 Å². The van der Waals surface area contributed by atoms with E-state index in [0.29, 0.717) is 23.3 Å². The molecule has 2 aliphatic rings. The Hall–Kier alpha value is -0.510. The minimum Gasteiger partial charge on any atom is -0.501 e. The van der Waals surface area contributed by atoms with Crippen LogP contribution in [-0.4, -0.2) is 36.3 Å². The highest BCUT2D eigenvalue weighted by molar-refractivity contribution is 6.20. The van der Waals surface area contributed by atoms with E-state index in [9.17, 15) is 5.11 Å². The van der Waals surface area contributed by atoms with E-state index in [-0.39, 0.29) is 12.0 Å². The standard InChI is InChI=1S/C30H54ClNO2/c1-7-10-25(26-13-15-28(31)16-14-26)12-9-8-11-22(4)30(21(2)3)32-20-24-17-27(23(5)33)19-29(18-24)34-6/h19,21,23-28,30,32-33H,4,7-18,20H2,1-3,5-6H3/t23?,24?,25?,26?,27?,28?,30-/m1/s1. The molecule has 5 atom stereocenters. The lowest BCUT2D eigenvalue weighted by Crippen LogP contribution is -2.40. The molecule has 2 N–H and O–H groups in total. The van der Waals surface area contributed by atoms with Crippen LogP contribution in [0.4, 0.5) is 0 Å². The Morgan fingerprint density at radius 3 is 2.47 bits per heavy atom. The van der Waals surface area contributed by atoms with Crippen molar-refractivity contribution in [3.05, 3.63) is 24.0 Å². The van der Waals surface area contributed by atoms with Crippen LogP contribution in [0.5, 0.6) is 0 Å². The second-order valence-corrected chi connectivity index (χ2v) is 12.3. The smallest absolute Gasteiger partial charge is 0.0922 e. The van der Waals surface area contributed by atoms with Gasteiger partial charge < -0.3 is 15.2 Å². The molecule has 0 saturated heterocycles. The summed E-state index contributed by atoms with van der Waals surface area (Å²) in [5.41, 5.74) is 1.36. The third kappa shape index (κ3) is 9.86. The molecule has 0 aromatic carbocycles. The maximum Gasteiger partial charge on any atom is 0.0922 e. The molecule has 1 saturated carbocycles. The highest BCUT2D eigenvalue weighted by Gasteiger charge is 2.28. The van der Waals surface area contributed by atoms with Gasteiger partial charge in [0.25, 0.3) is 0 Å². The monoisotopic (exact) mass is 495 g/mol. The summed E-state index contributed by atoms with van der Waals surface area (Å²) < 4.78 is 5.55. The lowest BCUT2D eigenvalue weighted by molar-refractivity contribution is 0.115. The van der Waals surface area contributed by atoms with Crippen LogP contribution in [0.3, 0.4) is 0 Å². The summed E-state index contributed by atoms with van der Waals surface area (Å²) in [4.78, 5) is 0. The molecule has 0 bridgehead atoms. The number of rotatable bonds is 15. The van der Waals surface area contributed by atoms with Crippen LogP contribution < -0.4 is 5.32 Å². The molecule has 2 aliphatic carbocycles. The number of allylic oxidation sites excluding steroid dienone is 1. The molecule has 3 nitrogen and oxygen atoms in total. The normalized spacial score (nSPS) is 28.3. The highest BCUT2D eigenvalue weighted by Crippen LogP contribution is 2.37. The van der Waals surface area contributed by atoms with Gasteiger partial charge in [-0.3, -0.25) is 0 Å². The number of halogens is 1. The van der Waals surface area contributed by atoms with E-state index >= 15 is 0 Å². The number of methoxy groups -OCH3 is 1. The quantitative estimate of drug-likeness (QED) is 0.138. The van der Waals surface area contributed by atoms with E-state index in [1.54, 1.807) is 7.11 Å². The van der Waals surface area contributed by atoms with Crippen LogP contribution in [-0.2, 0) is 4.74 Å². The van der Waals surface area contributed by atoms with Gasteiger partial charge in [-0.15, -0.1) is 11.6 Å². The second kappa shape index (κ2) is 15.6. The third-order valence-corrected chi connectivity index (χ3v) is 8.90. The fourth-order valence-corrected chi connectivity index (χ4v) is 6.62. The molecule has 0 spiro atoms. The number of hydrogen-bond acceptors (Lipinski definition) is 3. The van der Waals surface area contributed by atoms with Crippen LogP contribution in [0.1, 0.15) is 105 Å². The van der Waals surface area contributed by atoms with Crippen molar-refractivity contribution in [3.63, 3.8) is 0 Å². The lowest BCUT2D eigenvalue weighted by Gasteiger charge is -2.33. The molecule has 0 aromatic heterocycles. The topological polar surface area (TPSA) is 41.5 Å². The third-order valence-electron chi connectivity index (χ3n) is 8.46. The summed E-state index contributed by atoms with van der Waals surface area (Å²) in [5, 5.41) is 14.4. The van der Waals surface area contributed by atoms with E-state index in [0.717, 1.165) is 43.4 Å². The Morgan fingerprint density at radius 2 is 1.88 bits per heavy atom. The van der Waals surface area contributed by atoms with Crippen LogP contribution >= 0.6 is 11.6 Å². The van der Waals surface area contributed by atoms with Gasteiger partial charge in [0.05, 0.1) is 19.0 Å². The second-order valence-electron chi connectivity index (χ2n) is 11.6. The van der Waals surface area contributed by atoms with Crippen molar-refractivity contribution in [3.8, 4) is 0 Å². The number of aliphatic hydroxyl groups excluding tert-OH is 1. The lowest BCUT2D eigenvalue weighted by atomic mass is 9.75. The van der Waals surface area contributed by atoms with Crippen molar-refractivity contribution in [2.24, 2.45) is 29.6 Å². The Kier molecular flexibility index (Phi) is 13.6. The van der Waals surface area contributed by atoms with E-state index in [4.69, 9.17) is 16.3 Å². The SMILES string of the molecule is C=C(CCCCC(CCC)C1CCC(Cl)CC1)[C@H](NCC1CC(OC)=CC(C(C)O)C1)C(C)C. The Labute approximate surface area is 216 Å². The molecule has 0 amide bonds. The minimum absolute atomic E-state index is 0.187. The predicted molar refractivity (Wildman–Crippen MR) is 147 cm³/mol. The van der Waals surface area contributed by atoms with Gasteiger partial charge in [-0.1, -0.05) is 58.6 Å². The first-order chi connectivity index (χ1) is 16.2. The van der Waals surface area contributed by atoms with Gasteiger partial charge in [-0.05, 0) is 88.2 Å². The largest absolute Gasteiger partial charge is 0.501 e. The van der Waals surface area contributed by atoms with Crippen molar-refractivity contribution in [1.29, 1.82) is 0 Å². The van der Waals surface area contributed by atoms with E-state index in [2.05, 4.69) is 38.7 Å². The molecule has 4 heteroatoms. The Morgan fingerprint density at radius 1 is 1.18 bits per heavy atom. The van der Waals surface area contributed by atoms with Crippen molar-refractivity contribution < 1.29 is 9.84 Å². The fourth-order valence-electron chi connectivity index (χ4n) is 6.37. The molecule has 0 aromatic rings. The van der Waals surface area contributed by atoms with Gasteiger partial charge in [-0.2, -0.15) is 0 Å². The van der Waals surface area contributed by atoms with Crippen molar-refractivity contribution in [1.82, 2.24) is 5.32 Å². The molecule has 34 heavy (non-hydrogen) atoms. The van der Waals surface area contributed by atoms with E-state index in [1.807, 2.05) is 6.92 Å². The van der Waals surface area contributed by atoms with Gasteiger partial charge in [0, 0.05) is 23.8 Å². The van der Waals surface area contributed by atoms with Gasteiger partial charge in [-0.25, -0.2) is 0 Å². The molecule has 1 fully saturated rings. The number of nitrogens with one attached hydrogen (secondary N) is 1. The maximum atomic E-state index is 10.1. The summed E-state index contributed by atoms with van der Waals surface area (Å²) in [5.74, 6) is 4.01. The van der Waals surface area contributed by atoms with Crippen LogP contribution in [0.15, 0.2) is 24.0 Å². The van der Waals surface area contributed by atoms with Crippen LogP contribution in [0.25, 0.3) is 0 Å². The first-order valence-electron chi connectivity index (χ1n) is 14.2. The Balaban J connectivity index is 1.78. The Bertz CT molecular complexity index is 609. The number of ether oxygens (including phenoxy) is 1. The zero-order chi connectivity index (χ0) is 25.1. The van der Waals surface area contributed by atoms with Gasteiger partial charge in [0.1, 0.15) is 0 Å². The zero-order valence-corrected chi connectivity index (χ0v) is 23.6. The van der Waals surface area contributed by atoms with Crippen LogP contribution in [0, 0.1) is 29.6 Å². The number of alkyl halides is 1. The first kappa shape index (κ1) is 29.7. The molecule has 198 valence electrons. The summed E-state index contributed by atoms with van der Waals surface area (Å²) in [6.45, 7) is 14.3. The van der Waals surface area contributed by atoms with Gasteiger partial charge in [0.15, 0.2) is 0 Å². The average molecular weight is 496 g/mol. The van der Waals surface area contributed by atoms with Crippen molar-refractivity contribution >= 4 is 11.6 Å². The maximum absolute atomic E-state index is 10.1. The molecule has 0 radical (unpaired) electrons. The molecule has 4 unspecified atom stereocenters. The van der Waals surface area contributed by atoms with Gasteiger partial charge in [0.2, 0.25) is 0 Å². The van der Waals surface area contributed by atoms with E-state index < -0.39 is 0 Å². The first-order valence-corrected chi connectivity index (χ1v) is 14.7. The molecular formula is C30H54ClNO2. The summed E-state index contributed by atoms with van der Waals surface area (Å²) in [6, 6.07) is 0.354. The summed E-state index contributed by atoms with van der Waals surface area (Å²) in [7, 11) is 1.74. The van der Waals surface area contributed by atoms with Crippen molar-refractivity contribution in [2.75, 3.05) is 13.7 Å². The minimum atomic E-state index is -0.328. The number of hydrogen-bond donors (Lipinski definition) is 2. The molecule has 2 rings (SSSR count). The van der Waals surface area contributed by atoms with Crippen LogP contribution in [0.2, 0.25) is 0 Å². The summed E-state index contributed by atoms with van der Waals surface area (Å²) >= 11 is 6.36. The molecule has 0 aliphatic heterocycles. The molecule has 0 heterocycles. The predicted octanol–water partition coefficient (Wildman–Crippen LogP) is 7.87. The van der Waals surface area contributed by atoms with Crippen molar-refractivity contribution in [2.45, 2.75) is 122 Å². The number of unbranched alkanes of at least 4 members (excludes halogenated alkanes) is 1. The highest BCUT2D eigenvalue weighted by atomic mass is 35.5. The fraction of sp³-hybridized carbons (Fsp3) is 0.867. The molecular weight excluding hydrogens is 442 g/mol. The average Bonchev–Trinajstić information content (AvgIpc) is 2.81. The number of aliphatic hydroxyl groups is 1. The zero-order valence-electron chi connectivity index (χ0n) is 22.8.